The lowest BCUT2D eigenvalue weighted by molar-refractivity contribution is -0.141. The van der Waals surface area contributed by atoms with Crippen LogP contribution in [0.1, 0.15) is 32.4 Å². The van der Waals surface area contributed by atoms with Crippen LogP contribution in [-0.2, 0) is 16.0 Å². The number of rotatable bonds is 4. The van der Waals surface area contributed by atoms with E-state index in [1.807, 2.05) is 0 Å². The van der Waals surface area contributed by atoms with Gasteiger partial charge in [-0.3, -0.25) is 10.3 Å². The van der Waals surface area contributed by atoms with Crippen LogP contribution in [0.25, 0.3) is 0 Å². The van der Waals surface area contributed by atoms with Crippen LogP contribution in [0, 0.1) is 5.92 Å². The molecule has 30 heavy (non-hydrogen) atoms. The molecule has 0 spiro atoms. The van der Waals surface area contributed by atoms with Gasteiger partial charge in [0, 0.05) is 25.4 Å². The third-order valence-corrected chi connectivity index (χ3v) is 8.05. The molecular formula is C18H21F3N4O4S. The summed E-state index contributed by atoms with van der Waals surface area (Å²) in [6, 6.07) is 2.74. The Labute approximate surface area is 171 Å². The van der Waals surface area contributed by atoms with Crippen molar-refractivity contribution < 1.29 is 30.9 Å². The number of carbonyl (C=O) groups excluding carboxylic acids is 1. The molecule has 1 fully saturated rings. The maximum atomic E-state index is 13.1. The highest BCUT2D eigenvalue weighted by molar-refractivity contribution is 7.92. The zero-order chi connectivity index (χ0) is 22.2. The summed E-state index contributed by atoms with van der Waals surface area (Å²) in [5, 5.41) is 6.19. The Bertz CT molecular complexity index is 981. The lowest BCUT2D eigenvalue weighted by Crippen LogP contribution is -2.48. The summed E-state index contributed by atoms with van der Waals surface area (Å²) in [4.78, 5) is 16.8. The smallest absolute Gasteiger partial charge is 0.363 e. The highest BCUT2D eigenvalue weighted by atomic mass is 32.2. The number of alkyl halides is 3. The van der Waals surface area contributed by atoms with Gasteiger partial charge in [-0.2, -0.15) is 13.2 Å². The van der Waals surface area contributed by atoms with E-state index in [9.17, 15) is 26.4 Å². The molecule has 12 heteroatoms. The number of nitrogens with zero attached hydrogens (tertiary/aromatic N) is 3. The Morgan fingerprint density at radius 1 is 1.20 bits per heavy atom. The van der Waals surface area contributed by atoms with Crippen LogP contribution >= 0.6 is 0 Å². The first-order chi connectivity index (χ1) is 13.9. The fourth-order valence-corrected chi connectivity index (χ4v) is 5.19. The average molecular weight is 446 g/mol. The van der Waals surface area contributed by atoms with Gasteiger partial charge < -0.3 is 9.42 Å². The Kier molecular flexibility index (Phi) is 5.81. The Morgan fingerprint density at radius 2 is 1.87 bits per heavy atom. The molecule has 2 aromatic rings. The number of piperidine rings is 1. The molecule has 2 aromatic heterocycles. The molecule has 0 aliphatic carbocycles. The van der Waals surface area contributed by atoms with E-state index in [1.165, 1.54) is 12.3 Å². The van der Waals surface area contributed by atoms with Gasteiger partial charge in [0.15, 0.2) is 15.7 Å². The Balaban J connectivity index is 1.68. The van der Waals surface area contributed by atoms with E-state index in [0.29, 0.717) is 32.0 Å². The molecule has 0 unspecified atom stereocenters. The summed E-state index contributed by atoms with van der Waals surface area (Å²) in [6.07, 6.45) is -1.72. The molecule has 0 radical (unpaired) electrons. The first-order valence-corrected chi connectivity index (χ1v) is 10.7. The van der Waals surface area contributed by atoms with Crippen LogP contribution < -0.4 is 5.32 Å². The fourth-order valence-electron chi connectivity index (χ4n) is 3.47. The molecule has 0 bridgehead atoms. The monoisotopic (exact) mass is 446 g/mol. The second-order valence-corrected chi connectivity index (χ2v) is 10.1. The number of hydrogen-bond donors (Lipinski definition) is 1. The van der Waals surface area contributed by atoms with Crippen molar-refractivity contribution in [3.8, 4) is 0 Å². The molecule has 0 atom stereocenters. The highest BCUT2D eigenvalue weighted by Gasteiger charge is 2.44. The summed E-state index contributed by atoms with van der Waals surface area (Å²) >= 11 is 0. The average Bonchev–Trinajstić information content (AvgIpc) is 3.20. The number of nitrogens with one attached hydrogen (secondary N) is 1. The van der Waals surface area contributed by atoms with Crippen molar-refractivity contribution in [3.05, 3.63) is 36.4 Å². The second-order valence-electron chi connectivity index (χ2n) is 7.56. The minimum Gasteiger partial charge on any atom is -0.363 e. The molecule has 2 amide bonds. The van der Waals surface area contributed by atoms with Crippen molar-refractivity contribution in [2.75, 3.05) is 18.4 Å². The van der Waals surface area contributed by atoms with E-state index in [1.54, 1.807) is 18.7 Å². The third kappa shape index (κ3) is 4.27. The lowest BCUT2D eigenvalue weighted by Gasteiger charge is -2.40. The van der Waals surface area contributed by atoms with Gasteiger partial charge >= 0.3 is 12.2 Å². The van der Waals surface area contributed by atoms with E-state index < -0.39 is 26.5 Å². The van der Waals surface area contributed by atoms with Gasteiger partial charge in [-0.05, 0) is 44.7 Å². The lowest BCUT2D eigenvalue weighted by atomic mass is 9.86. The number of hydrogen-bond acceptors (Lipinski definition) is 6. The van der Waals surface area contributed by atoms with Crippen LogP contribution in [0.5, 0.6) is 0 Å². The molecule has 0 aromatic carbocycles. The van der Waals surface area contributed by atoms with Gasteiger partial charge in [-0.25, -0.2) is 13.2 Å². The van der Waals surface area contributed by atoms with E-state index >= 15 is 0 Å². The molecule has 164 valence electrons. The highest BCUT2D eigenvalue weighted by Crippen LogP contribution is 2.38. The van der Waals surface area contributed by atoms with Gasteiger partial charge in [-0.1, -0.05) is 5.16 Å². The Morgan fingerprint density at radius 3 is 2.37 bits per heavy atom. The fraction of sp³-hybridized carbons (Fsp3) is 0.500. The molecule has 1 saturated heterocycles. The molecular weight excluding hydrogens is 425 g/mol. The van der Waals surface area contributed by atoms with Gasteiger partial charge in [0.1, 0.15) is 12.0 Å². The second kappa shape index (κ2) is 7.89. The number of likely N-dealkylation sites (tertiary alicyclic amines) is 1. The summed E-state index contributed by atoms with van der Waals surface area (Å²) in [5.41, 5.74) is -1.15. The van der Waals surface area contributed by atoms with E-state index in [4.69, 9.17) is 0 Å². The summed E-state index contributed by atoms with van der Waals surface area (Å²) < 4.78 is 67.7. The van der Waals surface area contributed by atoms with E-state index in [2.05, 4.69) is 20.0 Å². The van der Waals surface area contributed by atoms with Crippen LogP contribution in [-0.4, -0.2) is 47.3 Å². The number of aromatic nitrogens is 2. The first kappa shape index (κ1) is 22.1. The normalized spacial score (nSPS) is 16.5. The van der Waals surface area contributed by atoms with Gasteiger partial charge in [-0.15, -0.1) is 0 Å². The number of anilines is 1. The molecule has 1 N–H and O–H groups in total. The van der Waals surface area contributed by atoms with Crippen molar-refractivity contribution in [1.82, 2.24) is 15.0 Å². The SMILES string of the molecule is CC(C)(C1CCN(C(=O)Nc2ccon2)CC1)S(=O)(=O)c1ccc(C(F)(F)F)nc1. The van der Waals surface area contributed by atoms with Crippen molar-refractivity contribution in [1.29, 1.82) is 0 Å². The van der Waals surface area contributed by atoms with Crippen LogP contribution in [0.2, 0.25) is 0 Å². The van der Waals surface area contributed by atoms with E-state index in [0.717, 1.165) is 12.3 Å². The number of urea groups is 1. The molecule has 1 aliphatic rings. The molecule has 8 nitrogen and oxygen atoms in total. The number of amides is 2. The van der Waals surface area contributed by atoms with Gasteiger partial charge in [0.05, 0.1) is 9.64 Å². The Hall–Kier alpha value is -2.63. The zero-order valence-electron chi connectivity index (χ0n) is 16.3. The largest absolute Gasteiger partial charge is 0.433 e. The molecule has 1 aliphatic heterocycles. The number of pyridine rings is 1. The van der Waals surface area contributed by atoms with E-state index in [-0.39, 0.29) is 22.7 Å². The van der Waals surface area contributed by atoms with Gasteiger partial charge in [0.25, 0.3) is 0 Å². The quantitative estimate of drug-likeness (QED) is 0.770. The van der Waals surface area contributed by atoms with Crippen molar-refractivity contribution in [3.63, 3.8) is 0 Å². The number of carbonyl (C=O) groups is 1. The van der Waals surface area contributed by atoms with Crippen LogP contribution in [0.4, 0.5) is 23.8 Å². The van der Waals surface area contributed by atoms with Crippen molar-refractivity contribution in [2.45, 2.75) is 42.5 Å². The summed E-state index contributed by atoms with van der Waals surface area (Å²) in [6.45, 7) is 3.77. The topological polar surface area (TPSA) is 105 Å². The maximum Gasteiger partial charge on any atom is 0.433 e. The minimum absolute atomic E-state index is 0.258. The predicted molar refractivity (Wildman–Crippen MR) is 100 cm³/mol. The van der Waals surface area contributed by atoms with Crippen molar-refractivity contribution >= 4 is 21.7 Å². The van der Waals surface area contributed by atoms with Crippen LogP contribution in [0.15, 0.2) is 40.1 Å². The van der Waals surface area contributed by atoms with Crippen LogP contribution in [0.3, 0.4) is 0 Å². The number of sulfone groups is 1. The first-order valence-electron chi connectivity index (χ1n) is 9.17. The standard InChI is InChI=1S/C18H21F3N4O4S/c1-17(2,30(27,28)13-3-4-14(22-11-13)18(19,20)21)12-5-8-25(9-6-12)16(26)23-15-7-10-29-24-15/h3-4,7,10-12H,5-6,8-9H2,1-2H3,(H,23,24,26). The summed E-state index contributed by atoms with van der Waals surface area (Å²) in [7, 11) is -3.95. The predicted octanol–water partition coefficient (Wildman–Crippen LogP) is 3.58. The molecule has 3 heterocycles. The number of halogens is 3. The molecule has 0 saturated carbocycles. The summed E-state index contributed by atoms with van der Waals surface area (Å²) in [5.74, 6) is -0.0132. The third-order valence-electron chi connectivity index (χ3n) is 5.47. The van der Waals surface area contributed by atoms with Gasteiger partial charge in [0.2, 0.25) is 0 Å². The minimum atomic E-state index is -4.64. The maximum absolute atomic E-state index is 13.1. The molecule has 3 rings (SSSR count). The van der Waals surface area contributed by atoms with Crippen molar-refractivity contribution in [2.24, 2.45) is 5.92 Å². The zero-order valence-corrected chi connectivity index (χ0v) is 17.1.